The highest BCUT2D eigenvalue weighted by Gasteiger charge is 2.08. The van der Waals surface area contributed by atoms with Crippen molar-refractivity contribution < 1.29 is 4.39 Å². The molecule has 3 aromatic rings. The third-order valence-electron chi connectivity index (χ3n) is 2.91. The molecule has 0 atom stereocenters. The lowest BCUT2D eigenvalue weighted by Gasteiger charge is -2.10. The number of fused-ring (bicyclic) bond motifs is 1. The Labute approximate surface area is 128 Å². The number of rotatable bonds is 3. The fourth-order valence-electron chi connectivity index (χ4n) is 1.95. The number of hydrogen-bond acceptors (Lipinski definition) is 5. The molecule has 2 aromatic carbocycles. The standard InChI is InChI=1S/C14H11BrFN5/c15-10-6-5-8(7-11(10)16)18-13-9-3-1-2-4-12(9)19-14(20-13)21-17/h1-7H,17H2,(H2,18,19,20,21). The second-order valence-electron chi connectivity index (χ2n) is 4.31. The molecule has 1 aromatic heterocycles. The van der Waals surface area contributed by atoms with Crippen molar-refractivity contribution in [2.24, 2.45) is 5.84 Å². The van der Waals surface area contributed by atoms with Crippen molar-refractivity contribution in [2.75, 3.05) is 10.7 Å². The average molecular weight is 348 g/mol. The molecule has 4 N–H and O–H groups in total. The van der Waals surface area contributed by atoms with E-state index < -0.39 is 0 Å². The van der Waals surface area contributed by atoms with Crippen LogP contribution in [0.3, 0.4) is 0 Å². The molecule has 0 saturated carbocycles. The van der Waals surface area contributed by atoms with E-state index in [0.717, 1.165) is 10.9 Å². The topological polar surface area (TPSA) is 75.9 Å². The fraction of sp³-hybridized carbons (Fsp3) is 0. The molecule has 106 valence electrons. The van der Waals surface area contributed by atoms with E-state index in [9.17, 15) is 4.39 Å². The molecule has 0 amide bonds. The zero-order valence-electron chi connectivity index (χ0n) is 10.8. The van der Waals surface area contributed by atoms with E-state index in [-0.39, 0.29) is 11.8 Å². The van der Waals surface area contributed by atoms with Crippen molar-refractivity contribution in [1.82, 2.24) is 9.97 Å². The van der Waals surface area contributed by atoms with Crippen molar-refractivity contribution in [1.29, 1.82) is 0 Å². The minimum Gasteiger partial charge on any atom is -0.339 e. The van der Waals surface area contributed by atoms with Crippen LogP contribution in [0.2, 0.25) is 0 Å². The molecule has 1 heterocycles. The van der Waals surface area contributed by atoms with E-state index in [1.807, 2.05) is 24.3 Å². The van der Waals surface area contributed by atoms with E-state index in [1.165, 1.54) is 6.07 Å². The van der Waals surface area contributed by atoms with E-state index in [1.54, 1.807) is 12.1 Å². The number of hydrazine groups is 1. The number of para-hydroxylation sites is 1. The van der Waals surface area contributed by atoms with Crippen LogP contribution >= 0.6 is 15.9 Å². The Kier molecular flexibility index (Phi) is 3.68. The van der Waals surface area contributed by atoms with Crippen molar-refractivity contribution in [3.8, 4) is 0 Å². The minimum atomic E-state index is -0.351. The number of benzene rings is 2. The Bertz CT molecular complexity index is 808. The van der Waals surface area contributed by atoms with Crippen LogP contribution in [0.15, 0.2) is 46.9 Å². The van der Waals surface area contributed by atoms with Gasteiger partial charge in [-0.05, 0) is 46.3 Å². The number of halogens is 2. The van der Waals surface area contributed by atoms with Crippen LogP contribution in [0, 0.1) is 5.82 Å². The lowest BCUT2D eigenvalue weighted by molar-refractivity contribution is 0.622. The van der Waals surface area contributed by atoms with Gasteiger partial charge in [0.15, 0.2) is 0 Å². The fourth-order valence-corrected chi connectivity index (χ4v) is 2.19. The number of nitrogens with zero attached hydrogens (tertiary/aromatic N) is 2. The van der Waals surface area contributed by atoms with Gasteiger partial charge in [-0.3, -0.25) is 5.43 Å². The van der Waals surface area contributed by atoms with Crippen molar-refractivity contribution in [3.63, 3.8) is 0 Å². The normalized spacial score (nSPS) is 10.6. The summed E-state index contributed by atoms with van der Waals surface area (Å²) in [5.41, 5.74) is 3.74. The van der Waals surface area contributed by atoms with Gasteiger partial charge < -0.3 is 5.32 Å². The van der Waals surface area contributed by atoms with Gasteiger partial charge in [-0.2, -0.15) is 4.98 Å². The van der Waals surface area contributed by atoms with Gasteiger partial charge in [0, 0.05) is 11.1 Å². The molecule has 0 spiro atoms. The molecule has 21 heavy (non-hydrogen) atoms. The zero-order valence-corrected chi connectivity index (χ0v) is 12.4. The summed E-state index contributed by atoms with van der Waals surface area (Å²) in [4.78, 5) is 8.53. The van der Waals surface area contributed by atoms with Gasteiger partial charge in [-0.25, -0.2) is 15.2 Å². The SMILES string of the molecule is NNc1nc(Nc2ccc(Br)c(F)c2)c2ccccc2n1. The highest BCUT2D eigenvalue weighted by atomic mass is 79.9. The number of hydrogen-bond donors (Lipinski definition) is 3. The highest BCUT2D eigenvalue weighted by molar-refractivity contribution is 9.10. The van der Waals surface area contributed by atoms with Crippen molar-refractivity contribution >= 4 is 44.3 Å². The molecule has 7 heteroatoms. The Morgan fingerprint density at radius 3 is 2.67 bits per heavy atom. The molecule has 0 aliphatic heterocycles. The summed E-state index contributed by atoms with van der Waals surface area (Å²) < 4.78 is 14.0. The molecule has 0 unspecified atom stereocenters. The third-order valence-corrected chi connectivity index (χ3v) is 3.56. The molecule has 0 saturated heterocycles. The van der Waals surface area contributed by atoms with Gasteiger partial charge in [0.25, 0.3) is 0 Å². The summed E-state index contributed by atoms with van der Waals surface area (Å²) in [6.07, 6.45) is 0. The van der Waals surface area contributed by atoms with Crippen LogP contribution in [-0.4, -0.2) is 9.97 Å². The maximum Gasteiger partial charge on any atom is 0.239 e. The van der Waals surface area contributed by atoms with Crippen LogP contribution in [0.25, 0.3) is 10.9 Å². The van der Waals surface area contributed by atoms with Gasteiger partial charge >= 0.3 is 0 Å². The van der Waals surface area contributed by atoms with Crippen molar-refractivity contribution in [2.45, 2.75) is 0 Å². The first-order valence-corrected chi connectivity index (χ1v) is 6.92. The number of aromatic nitrogens is 2. The van der Waals surface area contributed by atoms with Crippen LogP contribution in [0.4, 0.5) is 21.8 Å². The first-order valence-electron chi connectivity index (χ1n) is 6.13. The van der Waals surface area contributed by atoms with Crippen LogP contribution in [0.1, 0.15) is 0 Å². The summed E-state index contributed by atoms with van der Waals surface area (Å²) >= 11 is 3.12. The molecular formula is C14H11BrFN5. The first kappa shape index (κ1) is 13.7. The predicted octanol–water partition coefficient (Wildman–Crippen LogP) is 3.56. The van der Waals surface area contributed by atoms with Crippen LogP contribution < -0.4 is 16.6 Å². The van der Waals surface area contributed by atoms with E-state index in [0.29, 0.717) is 16.0 Å². The molecule has 5 nitrogen and oxygen atoms in total. The largest absolute Gasteiger partial charge is 0.339 e. The predicted molar refractivity (Wildman–Crippen MR) is 84.7 cm³/mol. The summed E-state index contributed by atoms with van der Waals surface area (Å²) in [5, 5.41) is 3.90. The van der Waals surface area contributed by atoms with Crippen molar-refractivity contribution in [3.05, 3.63) is 52.8 Å². The van der Waals surface area contributed by atoms with Crippen LogP contribution in [-0.2, 0) is 0 Å². The smallest absolute Gasteiger partial charge is 0.239 e. The van der Waals surface area contributed by atoms with Gasteiger partial charge in [-0.15, -0.1) is 0 Å². The second-order valence-corrected chi connectivity index (χ2v) is 5.17. The molecule has 0 aliphatic rings. The summed E-state index contributed by atoms with van der Waals surface area (Å²) in [6, 6.07) is 12.3. The Morgan fingerprint density at radius 2 is 1.90 bits per heavy atom. The number of nitrogen functional groups attached to an aromatic ring is 1. The maximum absolute atomic E-state index is 13.6. The number of anilines is 3. The maximum atomic E-state index is 13.6. The lowest BCUT2D eigenvalue weighted by atomic mass is 10.2. The summed E-state index contributed by atoms with van der Waals surface area (Å²) in [5.74, 6) is 5.86. The van der Waals surface area contributed by atoms with Gasteiger partial charge in [0.2, 0.25) is 5.95 Å². The van der Waals surface area contributed by atoms with E-state index >= 15 is 0 Å². The minimum absolute atomic E-state index is 0.286. The van der Waals surface area contributed by atoms with E-state index in [4.69, 9.17) is 5.84 Å². The third kappa shape index (κ3) is 2.79. The Balaban J connectivity index is 2.08. The molecule has 0 aliphatic carbocycles. The first-order chi connectivity index (χ1) is 10.2. The zero-order chi connectivity index (χ0) is 14.8. The van der Waals surface area contributed by atoms with Gasteiger partial charge in [0.05, 0.1) is 9.99 Å². The quantitative estimate of drug-likeness (QED) is 0.498. The number of nitrogens with two attached hydrogens (primary N) is 1. The molecular weight excluding hydrogens is 337 g/mol. The van der Waals surface area contributed by atoms with E-state index in [2.05, 4.69) is 36.6 Å². The van der Waals surface area contributed by atoms with Gasteiger partial charge in [0.1, 0.15) is 11.6 Å². The lowest BCUT2D eigenvalue weighted by Crippen LogP contribution is -2.11. The second kappa shape index (κ2) is 5.63. The van der Waals surface area contributed by atoms with Gasteiger partial charge in [-0.1, -0.05) is 12.1 Å². The Hall–Kier alpha value is -2.25. The molecule has 0 bridgehead atoms. The molecule has 0 fully saturated rings. The molecule has 3 rings (SSSR count). The molecule has 0 radical (unpaired) electrons. The number of nitrogens with one attached hydrogen (secondary N) is 2. The summed E-state index contributed by atoms with van der Waals surface area (Å²) in [7, 11) is 0. The summed E-state index contributed by atoms with van der Waals surface area (Å²) in [6.45, 7) is 0. The van der Waals surface area contributed by atoms with Crippen LogP contribution in [0.5, 0.6) is 0 Å². The monoisotopic (exact) mass is 347 g/mol. The average Bonchev–Trinajstić information content (AvgIpc) is 2.51. The highest BCUT2D eigenvalue weighted by Crippen LogP contribution is 2.26. The Morgan fingerprint density at radius 1 is 1.10 bits per heavy atom.